The number of phenolic OH excluding ortho intramolecular Hbond substituents is 1. The summed E-state index contributed by atoms with van der Waals surface area (Å²) in [6, 6.07) is 14.7. The van der Waals surface area contributed by atoms with Gasteiger partial charge in [0.1, 0.15) is 5.75 Å². The number of rotatable bonds is 5. The third-order valence-electron chi connectivity index (χ3n) is 4.28. The average Bonchev–Trinajstić information content (AvgIpc) is 2.79. The minimum Gasteiger partial charge on any atom is -0.506 e. The number of hydrazone groups is 1. The average molecular weight is 469 g/mol. The van der Waals surface area contributed by atoms with Crippen LogP contribution < -0.4 is 14.9 Å². The SMILES string of the molecule is COc1cc(C=NNC(=O)c2ccc(O)c(Cl)c2)cc(C#Cc2ccc(Cl)cc2)c1OC. The van der Waals surface area contributed by atoms with Crippen LogP contribution in [0.1, 0.15) is 27.0 Å². The molecule has 0 heterocycles. The normalized spacial score (nSPS) is 10.4. The van der Waals surface area contributed by atoms with Crippen molar-refractivity contribution in [3.8, 4) is 29.1 Å². The van der Waals surface area contributed by atoms with E-state index in [2.05, 4.69) is 22.4 Å². The molecule has 3 rings (SSSR count). The molecule has 0 fully saturated rings. The maximum atomic E-state index is 12.2. The molecule has 0 saturated carbocycles. The standard InChI is InChI=1S/C24H18Cl2N2O4/c1-31-22-12-16(14-27-28-24(30)18-7-10-21(29)20(26)13-18)11-17(23(22)32-2)6-3-15-4-8-19(25)9-5-15/h4-5,7-14,29H,1-2H3,(H,28,30). The first-order valence-corrected chi connectivity index (χ1v) is 10.0. The van der Waals surface area contributed by atoms with Crippen molar-refractivity contribution in [2.75, 3.05) is 14.2 Å². The quantitative estimate of drug-likeness (QED) is 0.317. The number of ether oxygens (including phenoxy) is 2. The number of amides is 1. The lowest BCUT2D eigenvalue weighted by Crippen LogP contribution is -2.17. The van der Waals surface area contributed by atoms with Crippen LogP contribution in [0.3, 0.4) is 0 Å². The van der Waals surface area contributed by atoms with Crippen molar-refractivity contribution in [3.63, 3.8) is 0 Å². The number of halogens is 2. The summed E-state index contributed by atoms with van der Waals surface area (Å²) in [6.45, 7) is 0. The summed E-state index contributed by atoms with van der Waals surface area (Å²) in [5, 5.41) is 14.1. The van der Waals surface area contributed by atoms with Gasteiger partial charge in [-0.15, -0.1) is 0 Å². The molecule has 0 aliphatic carbocycles. The Morgan fingerprint density at radius 2 is 1.78 bits per heavy atom. The number of carbonyl (C=O) groups is 1. The smallest absolute Gasteiger partial charge is 0.271 e. The van der Waals surface area contributed by atoms with E-state index in [1.807, 2.05) is 12.1 Å². The van der Waals surface area contributed by atoms with Crippen LogP contribution in [0.5, 0.6) is 17.2 Å². The van der Waals surface area contributed by atoms with Crippen LogP contribution >= 0.6 is 23.2 Å². The number of aromatic hydroxyl groups is 1. The first kappa shape index (κ1) is 23.0. The van der Waals surface area contributed by atoms with Gasteiger partial charge in [0.2, 0.25) is 0 Å². The number of hydrogen-bond donors (Lipinski definition) is 2. The van der Waals surface area contributed by atoms with E-state index in [1.165, 1.54) is 38.6 Å². The van der Waals surface area contributed by atoms with Crippen LogP contribution in [0, 0.1) is 11.8 Å². The number of hydrogen-bond acceptors (Lipinski definition) is 5. The number of benzene rings is 3. The predicted molar refractivity (Wildman–Crippen MR) is 125 cm³/mol. The van der Waals surface area contributed by atoms with Gasteiger partial charge in [-0.1, -0.05) is 35.0 Å². The lowest BCUT2D eigenvalue weighted by atomic mass is 10.1. The van der Waals surface area contributed by atoms with E-state index in [-0.39, 0.29) is 16.3 Å². The van der Waals surface area contributed by atoms with E-state index in [1.54, 1.807) is 24.3 Å². The second-order valence-electron chi connectivity index (χ2n) is 6.43. The molecule has 0 aromatic heterocycles. The highest BCUT2D eigenvalue weighted by Crippen LogP contribution is 2.32. The summed E-state index contributed by atoms with van der Waals surface area (Å²) in [5.74, 6) is 6.48. The van der Waals surface area contributed by atoms with E-state index >= 15 is 0 Å². The Bertz CT molecular complexity index is 1230. The highest BCUT2D eigenvalue weighted by molar-refractivity contribution is 6.32. The second kappa shape index (κ2) is 10.6. The summed E-state index contributed by atoms with van der Waals surface area (Å²) < 4.78 is 10.9. The zero-order valence-electron chi connectivity index (χ0n) is 17.1. The summed E-state index contributed by atoms with van der Waals surface area (Å²) >= 11 is 11.7. The predicted octanol–water partition coefficient (Wildman–Crippen LogP) is 4.88. The van der Waals surface area contributed by atoms with E-state index in [9.17, 15) is 9.90 Å². The van der Waals surface area contributed by atoms with Crippen LogP contribution in [0.4, 0.5) is 0 Å². The van der Waals surface area contributed by atoms with Gasteiger partial charge in [0.05, 0.1) is 31.0 Å². The van der Waals surface area contributed by atoms with Crippen molar-refractivity contribution in [2.24, 2.45) is 5.10 Å². The number of carbonyl (C=O) groups excluding carboxylic acids is 1. The van der Waals surface area contributed by atoms with E-state index in [0.29, 0.717) is 27.6 Å². The Morgan fingerprint density at radius 1 is 1.03 bits per heavy atom. The number of nitrogens with one attached hydrogen (secondary N) is 1. The Labute approximate surface area is 195 Å². The first-order valence-electron chi connectivity index (χ1n) is 9.27. The van der Waals surface area contributed by atoms with Gasteiger partial charge < -0.3 is 14.6 Å². The van der Waals surface area contributed by atoms with Gasteiger partial charge in [-0.2, -0.15) is 5.10 Å². The van der Waals surface area contributed by atoms with Crippen molar-refractivity contribution in [1.29, 1.82) is 0 Å². The lowest BCUT2D eigenvalue weighted by Gasteiger charge is -2.10. The maximum absolute atomic E-state index is 12.2. The van der Waals surface area contributed by atoms with Gasteiger partial charge in [-0.25, -0.2) is 5.43 Å². The largest absolute Gasteiger partial charge is 0.506 e. The molecule has 3 aromatic rings. The number of methoxy groups -OCH3 is 2. The fourth-order valence-electron chi connectivity index (χ4n) is 2.70. The fourth-order valence-corrected chi connectivity index (χ4v) is 3.01. The van der Waals surface area contributed by atoms with Gasteiger partial charge in [0.25, 0.3) is 5.91 Å². The van der Waals surface area contributed by atoms with Gasteiger partial charge in [0, 0.05) is 16.1 Å². The molecule has 3 aromatic carbocycles. The topological polar surface area (TPSA) is 80.2 Å². The zero-order chi connectivity index (χ0) is 23.1. The Balaban J connectivity index is 1.85. The first-order chi connectivity index (χ1) is 15.4. The Kier molecular flexibility index (Phi) is 7.61. The van der Waals surface area contributed by atoms with Crippen LogP contribution in [0.2, 0.25) is 10.0 Å². The molecule has 162 valence electrons. The van der Waals surface area contributed by atoms with Crippen LogP contribution in [-0.2, 0) is 0 Å². The van der Waals surface area contributed by atoms with Gasteiger partial charge in [0.15, 0.2) is 11.5 Å². The maximum Gasteiger partial charge on any atom is 0.271 e. The monoisotopic (exact) mass is 468 g/mol. The molecule has 0 atom stereocenters. The van der Waals surface area contributed by atoms with Gasteiger partial charge in [-0.3, -0.25) is 4.79 Å². The number of nitrogens with zero attached hydrogens (tertiary/aromatic N) is 1. The van der Waals surface area contributed by atoms with Crippen molar-refractivity contribution in [1.82, 2.24) is 5.43 Å². The molecule has 2 N–H and O–H groups in total. The fraction of sp³-hybridized carbons (Fsp3) is 0.0833. The molecule has 0 saturated heterocycles. The summed E-state index contributed by atoms with van der Waals surface area (Å²) in [6.07, 6.45) is 1.45. The van der Waals surface area contributed by atoms with E-state index in [0.717, 1.165) is 5.56 Å². The van der Waals surface area contributed by atoms with Crippen molar-refractivity contribution in [2.45, 2.75) is 0 Å². The molecule has 0 aliphatic heterocycles. The van der Waals surface area contributed by atoms with E-state index in [4.69, 9.17) is 32.7 Å². The Hall–Kier alpha value is -3.66. The molecule has 6 nitrogen and oxygen atoms in total. The molecule has 0 radical (unpaired) electrons. The van der Waals surface area contributed by atoms with Crippen molar-refractivity contribution in [3.05, 3.63) is 86.9 Å². The second-order valence-corrected chi connectivity index (χ2v) is 7.27. The number of phenols is 1. The molecule has 0 spiro atoms. The van der Waals surface area contributed by atoms with Crippen LogP contribution in [-0.4, -0.2) is 31.4 Å². The highest BCUT2D eigenvalue weighted by Gasteiger charge is 2.11. The molecular formula is C24H18Cl2N2O4. The summed E-state index contributed by atoms with van der Waals surface area (Å²) in [4.78, 5) is 12.2. The van der Waals surface area contributed by atoms with Crippen molar-refractivity contribution >= 4 is 35.3 Å². The minimum atomic E-state index is -0.480. The van der Waals surface area contributed by atoms with Gasteiger partial charge >= 0.3 is 0 Å². The molecule has 1 amide bonds. The van der Waals surface area contributed by atoms with Crippen molar-refractivity contribution < 1.29 is 19.4 Å². The molecule has 0 aliphatic rings. The third-order valence-corrected chi connectivity index (χ3v) is 4.83. The van der Waals surface area contributed by atoms with Crippen LogP contribution in [0.15, 0.2) is 59.7 Å². The summed E-state index contributed by atoms with van der Waals surface area (Å²) in [7, 11) is 3.05. The highest BCUT2D eigenvalue weighted by atomic mass is 35.5. The van der Waals surface area contributed by atoms with Crippen LogP contribution in [0.25, 0.3) is 0 Å². The Morgan fingerprint density at radius 3 is 2.44 bits per heavy atom. The van der Waals surface area contributed by atoms with E-state index < -0.39 is 5.91 Å². The minimum absolute atomic E-state index is 0.0745. The molecule has 8 heteroatoms. The molecule has 0 unspecified atom stereocenters. The zero-order valence-corrected chi connectivity index (χ0v) is 18.7. The molecular weight excluding hydrogens is 451 g/mol. The summed E-state index contributed by atoms with van der Waals surface area (Å²) in [5.41, 5.74) is 4.67. The lowest BCUT2D eigenvalue weighted by molar-refractivity contribution is 0.0955. The molecule has 0 bridgehead atoms. The third kappa shape index (κ3) is 5.73. The van der Waals surface area contributed by atoms with Gasteiger partial charge in [-0.05, 0) is 60.2 Å². The molecule has 32 heavy (non-hydrogen) atoms.